The average Bonchev–Trinajstić information content (AvgIpc) is 2.85. The van der Waals surface area contributed by atoms with Crippen LogP contribution in [0, 0.1) is 6.92 Å². The number of methoxy groups -OCH3 is 1. The number of thiazole rings is 1. The van der Waals surface area contributed by atoms with E-state index in [1.165, 1.54) is 12.7 Å². The largest absolute Gasteiger partial charge is 0.469 e. The standard InChI is InChI=1S/C14H15NO2S/c1-10-5-3-4-6-12(10)14-15-11(9-18-14)7-8-13(16)17-2/h3-6,9H,7-8H2,1-2H3. The van der Waals surface area contributed by atoms with Crippen molar-refractivity contribution in [1.82, 2.24) is 4.98 Å². The lowest BCUT2D eigenvalue weighted by Crippen LogP contribution is -2.01. The second-order valence-corrected chi connectivity index (χ2v) is 4.89. The van der Waals surface area contributed by atoms with E-state index in [0.717, 1.165) is 16.3 Å². The maximum Gasteiger partial charge on any atom is 0.305 e. The monoisotopic (exact) mass is 261 g/mol. The summed E-state index contributed by atoms with van der Waals surface area (Å²) in [4.78, 5) is 15.6. The highest BCUT2D eigenvalue weighted by atomic mass is 32.1. The van der Waals surface area contributed by atoms with Crippen molar-refractivity contribution in [3.05, 3.63) is 40.9 Å². The van der Waals surface area contributed by atoms with Gasteiger partial charge in [-0.1, -0.05) is 24.3 Å². The lowest BCUT2D eigenvalue weighted by molar-refractivity contribution is -0.140. The minimum Gasteiger partial charge on any atom is -0.469 e. The minimum absolute atomic E-state index is 0.194. The summed E-state index contributed by atoms with van der Waals surface area (Å²) in [6.45, 7) is 2.07. The quantitative estimate of drug-likeness (QED) is 0.793. The molecular formula is C14H15NO2S. The van der Waals surface area contributed by atoms with Crippen molar-refractivity contribution in [1.29, 1.82) is 0 Å². The zero-order valence-corrected chi connectivity index (χ0v) is 11.3. The first kappa shape index (κ1) is 12.8. The SMILES string of the molecule is COC(=O)CCc1csc(-c2ccccc2C)n1. The van der Waals surface area contributed by atoms with Crippen LogP contribution in [0.5, 0.6) is 0 Å². The lowest BCUT2D eigenvalue weighted by Gasteiger charge is -2.00. The molecule has 0 amide bonds. The van der Waals surface area contributed by atoms with E-state index in [2.05, 4.69) is 28.8 Å². The van der Waals surface area contributed by atoms with Crippen LogP contribution in [0.3, 0.4) is 0 Å². The number of aryl methyl sites for hydroxylation is 2. The number of hydrogen-bond donors (Lipinski definition) is 0. The Morgan fingerprint density at radius 1 is 1.39 bits per heavy atom. The molecule has 0 radical (unpaired) electrons. The van der Waals surface area contributed by atoms with Gasteiger partial charge in [-0.2, -0.15) is 0 Å². The summed E-state index contributed by atoms with van der Waals surface area (Å²) in [6, 6.07) is 8.17. The van der Waals surface area contributed by atoms with Crippen molar-refractivity contribution in [3.63, 3.8) is 0 Å². The molecule has 1 heterocycles. The van der Waals surface area contributed by atoms with Crippen LogP contribution in [0.2, 0.25) is 0 Å². The van der Waals surface area contributed by atoms with E-state index >= 15 is 0 Å². The highest BCUT2D eigenvalue weighted by molar-refractivity contribution is 7.13. The molecule has 0 aliphatic carbocycles. The van der Waals surface area contributed by atoms with Gasteiger partial charge in [-0.3, -0.25) is 4.79 Å². The van der Waals surface area contributed by atoms with Gasteiger partial charge in [0.25, 0.3) is 0 Å². The first-order valence-electron chi connectivity index (χ1n) is 5.78. The number of esters is 1. The number of rotatable bonds is 4. The molecule has 0 aliphatic rings. The summed E-state index contributed by atoms with van der Waals surface area (Å²) in [7, 11) is 1.40. The van der Waals surface area contributed by atoms with Gasteiger partial charge in [-0.15, -0.1) is 11.3 Å². The van der Waals surface area contributed by atoms with Crippen molar-refractivity contribution in [2.45, 2.75) is 19.8 Å². The molecule has 3 nitrogen and oxygen atoms in total. The van der Waals surface area contributed by atoms with E-state index in [1.807, 2.05) is 17.5 Å². The molecule has 0 unspecified atom stereocenters. The third-order valence-corrected chi connectivity index (χ3v) is 3.66. The molecule has 0 saturated carbocycles. The number of carbonyl (C=O) groups is 1. The Morgan fingerprint density at radius 3 is 2.89 bits per heavy atom. The van der Waals surface area contributed by atoms with Crippen LogP contribution in [0.25, 0.3) is 10.6 Å². The molecule has 0 fully saturated rings. The van der Waals surface area contributed by atoms with Crippen LogP contribution in [0.1, 0.15) is 17.7 Å². The van der Waals surface area contributed by atoms with Gasteiger partial charge >= 0.3 is 5.97 Å². The Balaban J connectivity index is 2.11. The van der Waals surface area contributed by atoms with E-state index in [-0.39, 0.29) is 5.97 Å². The Labute approximate surface area is 110 Å². The maximum absolute atomic E-state index is 11.1. The van der Waals surface area contributed by atoms with E-state index in [4.69, 9.17) is 0 Å². The van der Waals surface area contributed by atoms with Crippen molar-refractivity contribution in [2.24, 2.45) is 0 Å². The smallest absolute Gasteiger partial charge is 0.305 e. The lowest BCUT2D eigenvalue weighted by atomic mass is 10.1. The Bertz CT molecular complexity index is 548. The minimum atomic E-state index is -0.194. The summed E-state index contributed by atoms with van der Waals surface area (Å²) < 4.78 is 4.62. The normalized spacial score (nSPS) is 10.3. The first-order chi connectivity index (χ1) is 8.70. The average molecular weight is 261 g/mol. The maximum atomic E-state index is 11.1. The van der Waals surface area contributed by atoms with Crippen molar-refractivity contribution in [3.8, 4) is 10.6 Å². The van der Waals surface area contributed by atoms with Gasteiger partial charge in [0.15, 0.2) is 0 Å². The van der Waals surface area contributed by atoms with E-state index < -0.39 is 0 Å². The van der Waals surface area contributed by atoms with Crippen LogP contribution in [-0.4, -0.2) is 18.1 Å². The predicted molar refractivity (Wildman–Crippen MR) is 72.6 cm³/mol. The van der Waals surface area contributed by atoms with Crippen LogP contribution in [0.15, 0.2) is 29.6 Å². The van der Waals surface area contributed by atoms with Crippen LogP contribution in [-0.2, 0) is 16.0 Å². The molecule has 0 bridgehead atoms. The fourth-order valence-corrected chi connectivity index (χ4v) is 2.63. The Hall–Kier alpha value is -1.68. The zero-order chi connectivity index (χ0) is 13.0. The molecular weight excluding hydrogens is 246 g/mol. The second kappa shape index (κ2) is 5.78. The molecule has 0 aliphatic heterocycles. The molecule has 18 heavy (non-hydrogen) atoms. The van der Waals surface area contributed by atoms with Crippen LogP contribution < -0.4 is 0 Å². The molecule has 0 spiro atoms. The van der Waals surface area contributed by atoms with Gasteiger partial charge in [0.05, 0.1) is 19.2 Å². The molecule has 4 heteroatoms. The summed E-state index contributed by atoms with van der Waals surface area (Å²) in [5.74, 6) is -0.194. The van der Waals surface area contributed by atoms with E-state index in [9.17, 15) is 4.79 Å². The summed E-state index contributed by atoms with van der Waals surface area (Å²) in [6.07, 6.45) is 1.02. The number of ether oxygens (including phenoxy) is 1. The zero-order valence-electron chi connectivity index (χ0n) is 10.5. The Morgan fingerprint density at radius 2 is 2.17 bits per heavy atom. The topological polar surface area (TPSA) is 39.2 Å². The number of aromatic nitrogens is 1. The molecule has 2 rings (SSSR count). The Kier molecular flexibility index (Phi) is 4.10. The first-order valence-corrected chi connectivity index (χ1v) is 6.66. The highest BCUT2D eigenvalue weighted by Gasteiger charge is 2.08. The van der Waals surface area contributed by atoms with Crippen molar-refractivity contribution in [2.75, 3.05) is 7.11 Å². The molecule has 1 aromatic carbocycles. The predicted octanol–water partition coefficient (Wildman–Crippen LogP) is 3.22. The number of carbonyl (C=O) groups excluding carboxylic acids is 1. The van der Waals surface area contributed by atoms with Gasteiger partial charge in [0, 0.05) is 17.4 Å². The van der Waals surface area contributed by atoms with E-state index in [0.29, 0.717) is 12.8 Å². The van der Waals surface area contributed by atoms with Crippen molar-refractivity contribution < 1.29 is 9.53 Å². The van der Waals surface area contributed by atoms with Gasteiger partial charge < -0.3 is 4.74 Å². The van der Waals surface area contributed by atoms with Gasteiger partial charge in [0.2, 0.25) is 0 Å². The highest BCUT2D eigenvalue weighted by Crippen LogP contribution is 2.26. The summed E-state index contributed by atoms with van der Waals surface area (Å²) in [5.41, 5.74) is 3.32. The fourth-order valence-electron chi connectivity index (χ4n) is 1.69. The van der Waals surface area contributed by atoms with Gasteiger partial charge in [-0.25, -0.2) is 4.98 Å². The molecule has 2 aromatic rings. The molecule has 0 N–H and O–H groups in total. The molecule has 1 aromatic heterocycles. The molecule has 94 valence electrons. The third-order valence-electron chi connectivity index (χ3n) is 2.74. The fraction of sp³-hybridized carbons (Fsp3) is 0.286. The van der Waals surface area contributed by atoms with Gasteiger partial charge in [-0.05, 0) is 12.5 Å². The second-order valence-electron chi connectivity index (χ2n) is 4.04. The summed E-state index contributed by atoms with van der Waals surface area (Å²) >= 11 is 1.61. The third kappa shape index (κ3) is 2.96. The van der Waals surface area contributed by atoms with Crippen LogP contribution in [0.4, 0.5) is 0 Å². The van der Waals surface area contributed by atoms with E-state index in [1.54, 1.807) is 11.3 Å². The van der Waals surface area contributed by atoms with Crippen molar-refractivity contribution >= 4 is 17.3 Å². The van der Waals surface area contributed by atoms with Crippen LogP contribution >= 0.6 is 11.3 Å². The van der Waals surface area contributed by atoms with Gasteiger partial charge in [0.1, 0.15) is 5.01 Å². The number of hydrogen-bond acceptors (Lipinski definition) is 4. The molecule has 0 saturated heterocycles. The number of nitrogens with zero attached hydrogens (tertiary/aromatic N) is 1. The number of benzene rings is 1. The summed E-state index contributed by atoms with van der Waals surface area (Å²) in [5, 5.41) is 3.01. The molecule has 0 atom stereocenters.